The van der Waals surface area contributed by atoms with E-state index in [1.807, 2.05) is 0 Å². The lowest BCUT2D eigenvalue weighted by molar-refractivity contribution is -0.114. The van der Waals surface area contributed by atoms with Crippen LogP contribution in [0.15, 0.2) is 23.9 Å². The van der Waals surface area contributed by atoms with E-state index in [9.17, 15) is 18.0 Å². The predicted molar refractivity (Wildman–Crippen MR) is 53.0 cm³/mol. The van der Waals surface area contributed by atoms with Gasteiger partial charge in [0.25, 0.3) is 0 Å². The number of hydrogen-bond acceptors (Lipinski definition) is 2. The molecule has 1 rings (SSSR count). The average molecular weight is 229 g/mol. The van der Waals surface area contributed by atoms with Crippen molar-refractivity contribution in [3.8, 4) is 0 Å². The number of carbonyl (C=O) groups is 1. The molecule has 0 aromatic heterocycles. The van der Waals surface area contributed by atoms with Crippen molar-refractivity contribution in [1.29, 1.82) is 0 Å². The van der Waals surface area contributed by atoms with Gasteiger partial charge < -0.3 is 5.73 Å². The van der Waals surface area contributed by atoms with E-state index in [0.717, 1.165) is 12.1 Å². The zero-order valence-electron chi connectivity index (χ0n) is 8.56. The number of carbonyl (C=O) groups excluding carboxylic acids is 1. The van der Waals surface area contributed by atoms with Gasteiger partial charge >= 0.3 is 0 Å². The summed E-state index contributed by atoms with van der Waals surface area (Å²) < 4.78 is 39.0. The lowest BCUT2D eigenvalue weighted by atomic mass is 10.1. The van der Waals surface area contributed by atoms with Gasteiger partial charge in [-0.3, -0.25) is 4.79 Å². The second-order valence-corrected chi connectivity index (χ2v) is 3.35. The Balaban J connectivity index is 3.02. The van der Waals surface area contributed by atoms with E-state index in [1.54, 1.807) is 0 Å². The minimum absolute atomic E-state index is 0.224. The summed E-state index contributed by atoms with van der Waals surface area (Å²) in [5, 5.41) is 0. The number of ketones is 1. The first-order valence-electron chi connectivity index (χ1n) is 4.50. The first kappa shape index (κ1) is 12.3. The number of benzene rings is 1. The molecule has 2 N–H and O–H groups in total. The molecule has 0 radical (unpaired) electrons. The molecule has 0 aliphatic carbocycles. The summed E-state index contributed by atoms with van der Waals surface area (Å²) in [5.74, 6) is -4.05. The van der Waals surface area contributed by atoms with Crippen molar-refractivity contribution in [2.45, 2.75) is 13.3 Å². The largest absolute Gasteiger partial charge is 0.402 e. The highest BCUT2D eigenvalue weighted by Crippen LogP contribution is 2.16. The number of halogens is 3. The second kappa shape index (κ2) is 4.83. The Morgan fingerprint density at radius 1 is 1.31 bits per heavy atom. The number of hydrogen-bond donors (Lipinski definition) is 1. The highest BCUT2D eigenvalue weighted by atomic mass is 19.2. The van der Waals surface area contributed by atoms with Crippen LogP contribution in [0.5, 0.6) is 0 Å². The first-order chi connectivity index (χ1) is 7.41. The van der Waals surface area contributed by atoms with Crippen molar-refractivity contribution >= 4 is 5.78 Å². The molecule has 5 heteroatoms. The van der Waals surface area contributed by atoms with E-state index in [4.69, 9.17) is 5.73 Å². The predicted octanol–water partition coefficient (Wildman–Crippen LogP) is 2.08. The van der Waals surface area contributed by atoms with Gasteiger partial charge in [0.2, 0.25) is 0 Å². The van der Waals surface area contributed by atoms with Crippen LogP contribution in [0.1, 0.15) is 12.5 Å². The quantitative estimate of drug-likeness (QED) is 0.637. The number of nitrogens with two attached hydrogens (primary N) is 1. The van der Waals surface area contributed by atoms with Gasteiger partial charge in [0, 0.05) is 17.7 Å². The summed E-state index contributed by atoms with van der Waals surface area (Å²) in [6.45, 7) is 1.47. The van der Waals surface area contributed by atoms with Crippen molar-refractivity contribution in [1.82, 2.24) is 0 Å². The van der Waals surface area contributed by atoms with E-state index in [-0.39, 0.29) is 5.70 Å². The van der Waals surface area contributed by atoms with Crippen molar-refractivity contribution in [2.24, 2.45) is 5.73 Å². The molecule has 0 aliphatic heterocycles. The minimum atomic E-state index is -1.34. The van der Waals surface area contributed by atoms with Gasteiger partial charge in [-0.25, -0.2) is 13.2 Å². The maximum atomic E-state index is 13.1. The lowest BCUT2D eigenvalue weighted by Gasteiger charge is -2.03. The Bertz CT molecular complexity index is 451. The van der Waals surface area contributed by atoms with Crippen LogP contribution in [0.2, 0.25) is 0 Å². The third-order valence-electron chi connectivity index (χ3n) is 1.88. The van der Waals surface area contributed by atoms with E-state index in [1.165, 1.54) is 6.92 Å². The molecule has 0 atom stereocenters. The molecular weight excluding hydrogens is 219 g/mol. The van der Waals surface area contributed by atoms with E-state index in [0.29, 0.717) is 6.07 Å². The SMILES string of the molecule is C/C(N)=C/C(=O)Cc1c(F)ccc(F)c1F. The molecule has 1 aromatic rings. The minimum Gasteiger partial charge on any atom is -0.402 e. The summed E-state index contributed by atoms with van der Waals surface area (Å²) in [4.78, 5) is 11.2. The van der Waals surface area contributed by atoms with Gasteiger partial charge in [-0.2, -0.15) is 0 Å². The summed E-state index contributed by atoms with van der Waals surface area (Å²) >= 11 is 0. The van der Waals surface area contributed by atoms with Crippen LogP contribution in [0, 0.1) is 17.5 Å². The van der Waals surface area contributed by atoms with Gasteiger partial charge in [-0.1, -0.05) is 0 Å². The summed E-state index contributed by atoms with van der Waals surface area (Å²) in [7, 11) is 0. The van der Waals surface area contributed by atoms with Crippen LogP contribution in [0.4, 0.5) is 13.2 Å². The van der Waals surface area contributed by atoms with Gasteiger partial charge in [0.05, 0.1) is 0 Å². The Morgan fingerprint density at radius 2 is 1.88 bits per heavy atom. The van der Waals surface area contributed by atoms with E-state index < -0.39 is 35.2 Å². The number of allylic oxidation sites excluding steroid dienone is 2. The molecule has 0 unspecified atom stereocenters. The van der Waals surface area contributed by atoms with Crippen molar-refractivity contribution in [3.05, 3.63) is 46.9 Å². The van der Waals surface area contributed by atoms with Gasteiger partial charge in [-0.15, -0.1) is 0 Å². The smallest absolute Gasteiger partial charge is 0.165 e. The van der Waals surface area contributed by atoms with Crippen LogP contribution >= 0.6 is 0 Å². The van der Waals surface area contributed by atoms with Crippen molar-refractivity contribution in [3.63, 3.8) is 0 Å². The van der Waals surface area contributed by atoms with Crippen LogP contribution in [-0.4, -0.2) is 5.78 Å². The fraction of sp³-hybridized carbons (Fsp3) is 0.182. The Kier molecular flexibility index (Phi) is 3.71. The molecule has 0 heterocycles. The fourth-order valence-electron chi connectivity index (χ4n) is 1.21. The molecule has 86 valence electrons. The topological polar surface area (TPSA) is 43.1 Å². The highest BCUT2D eigenvalue weighted by molar-refractivity contribution is 5.91. The molecule has 0 amide bonds. The van der Waals surface area contributed by atoms with Crippen LogP contribution in [0.25, 0.3) is 0 Å². The molecule has 0 aliphatic rings. The zero-order chi connectivity index (χ0) is 12.3. The molecule has 0 saturated heterocycles. The van der Waals surface area contributed by atoms with Gasteiger partial charge in [0.15, 0.2) is 17.4 Å². The molecule has 2 nitrogen and oxygen atoms in total. The van der Waals surface area contributed by atoms with E-state index >= 15 is 0 Å². The number of rotatable bonds is 3. The standard InChI is InChI=1S/C11H10F3NO/c1-6(15)4-7(16)5-8-9(12)2-3-10(13)11(8)14/h2-4H,5,15H2,1H3/b6-4-. The fourth-order valence-corrected chi connectivity index (χ4v) is 1.21. The average Bonchev–Trinajstić information content (AvgIpc) is 2.17. The molecule has 0 saturated carbocycles. The monoisotopic (exact) mass is 229 g/mol. The molecule has 16 heavy (non-hydrogen) atoms. The van der Waals surface area contributed by atoms with Crippen molar-refractivity contribution < 1.29 is 18.0 Å². The maximum absolute atomic E-state index is 13.1. The highest BCUT2D eigenvalue weighted by Gasteiger charge is 2.15. The van der Waals surface area contributed by atoms with Crippen LogP contribution in [0.3, 0.4) is 0 Å². The Labute approximate surface area is 90.6 Å². The van der Waals surface area contributed by atoms with Crippen LogP contribution < -0.4 is 5.73 Å². The third-order valence-corrected chi connectivity index (χ3v) is 1.88. The van der Waals surface area contributed by atoms with Crippen LogP contribution in [-0.2, 0) is 11.2 Å². The molecule has 1 aromatic carbocycles. The molecule has 0 spiro atoms. The Hall–Kier alpha value is -1.78. The second-order valence-electron chi connectivity index (χ2n) is 3.35. The Morgan fingerprint density at radius 3 is 2.44 bits per heavy atom. The van der Waals surface area contributed by atoms with E-state index in [2.05, 4.69) is 0 Å². The normalized spacial score (nSPS) is 11.6. The first-order valence-corrected chi connectivity index (χ1v) is 4.50. The third kappa shape index (κ3) is 2.85. The summed E-state index contributed by atoms with van der Waals surface area (Å²) in [6.07, 6.45) is 0.494. The summed E-state index contributed by atoms with van der Waals surface area (Å²) in [5.41, 5.74) is 4.87. The molecule has 0 bridgehead atoms. The molecule has 0 fully saturated rings. The van der Waals surface area contributed by atoms with Gasteiger partial charge in [0.1, 0.15) is 5.82 Å². The lowest BCUT2D eigenvalue weighted by Crippen LogP contribution is -2.07. The van der Waals surface area contributed by atoms with Gasteiger partial charge in [-0.05, 0) is 25.1 Å². The van der Waals surface area contributed by atoms with Crippen molar-refractivity contribution in [2.75, 3.05) is 0 Å². The summed E-state index contributed by atoms with van der Waals surface area (Å²) in [6, 6.07) is 1.45. The maximum Gasteiger partial charge on any atom is 0.165 e. The molecular formula is C11H10F3NO. The zero-order valence-corrected chi connectivity index (χ0v) is 8.56.